The van der Waals surface area contributed by atoms with E-state index < -0.39 is 0 Å². The van der Waals surface area contributed by atoms with Crippen LogP contribution in [0.25, 0.3) is 0 Å². The number of aromatic nitrogens is 2. The van der Waals surface area contributed by atoms with Crippen LogP contribution in [-0.2, 0) is 4.74 Å². The highest BCUT2D eigenvalue weighted by Crippen LogP contribution is 2.20. The minimum atomic E-state index is 0.736. The fourth-order valence-corrected chi connectivity index (χ4v) is 3.22. The van der Waals surface area contributed by atoms with Gasteiger partial charge in [0.1, 0.15) is 6.33 Å². The number of hydrogen-bond donors (Lipinski definition) is 0. The molecule has 0 amide bonds. The molecule has 3 rings (SSSR count). The Labute approximate surface area is 106 Å². The van der Waals surface area contributed by atoms with E-state index in [4.69, 9.17) is 4.74 Å². The molecule has 0 radical (unpaired) electrons. The standard InChI is InChI=1S/C11H18N4OS/c1-7-16-8-2-10(1)14-3-5-15(6-4-14)11-12-9-13-17-11/h9-10H,1-8H2. The second-order valence-corrected chi connectivity index (χ2v) is 5.35. The molecule has 0 atom stereocenters. The zero-order chi connectivity index (χ0) is 11.5. The van der Waals surface area contributed by atoms with E-state index in [-0.39, 0.29) is 0 Å². The summed E-state index contributed by atoms with van der Waals surface area (Å²) in [4.78, 5) is 9.22. The summed E-state index contributed by atoms with van der Waals surface area (Å²) in [6.45, 7) is 6.30. The molecule has 2 aliphatic heterocycles. The van der Waals surface area contributed by atoms with E-state index in [1.807, 2.05) is 0 Å². The smallest absolute Gasteiger partial charge is 0.205 e. The fraction of sp³-hybridized carbons (Fsp3) is 0.818. The molecule has 3 heterocycles. The molecule has 0 aromatic carbocycles. The van der Waals surface area contributed by atoms with Gasteiger partial charge in [0.2, 0.25) is 5.13 Å². The van der Waals surface area contributed by atoms with Crippen LogP contribution in [0.3, 0.4) is 0 Å². The summed E-state index contributed by atoms with van der Waals surface area (Å²) in [6.07, 6.45) is 4.03. The molecule has 0 saturated carbocycles. The molecule has 0 aliphatic carbocycles. The minimum absolute atomic E-state index is 0.736. The van der Waals surface area contributed by atoms with Gasteiger partial charge < -0.3 is 9.64 Å². The van der Waals surface area contributed by atoms with Crippen LogP contribution in [0.5, 0.6) is 0 Å². The summed E-state index contributed by atoms with van der Waals surface area (Å²) in [7, 11) is 0. The van der Waals surface area contributed by atoms with Crippen LogP contribution in [-0.4, -0.2) is 59.7 Å². The van der Waals surface area contributed by atoms with Crippen molar-refractivity contribution in [1.82, 2.24) is 14.3 Å². The maximum Gasteiger partial charge on any atom is 0.205 e. The van der Waals surface area contributed by atoms with Gasteiger partial charge in [-0.2, -0.15) is 4.37 Å². The Morgan fingerprint density at radius 2 is 1.94 bits per heavy atom. The normalized spacial score (nSPS) is 24.1. The number of hydrogen-bond acceptors (Lipinski definition) is 6. The predicted octanol–water partition coefficient (Wildman–Crippen LogP) is 0.839. The van der Waals surface area contributed by atoms with Crippen molar-refractivity contribution in [2.75, 3.05) is 44.3 Å². The number of ether oxygens (including phenoxy) is 1. The summed E-state index contributed by atoms with van der Waals surface area (Å²) in [6, 6.07) is 0.736. The highest BCUT2D eigenvalue weighted by molar-refractivity contribution is 7.09. The molecule has 17 heavy (non-hydrogen) atoms. The van der Waals surface area contributed by atoms with Crippen molar-refractivity contribution >= 4 is 16.7 Å². The average Bonchev–Trinajstić information content (AvgIpc) is 2.94. The zero-order valence-corrected chi connectivity index (χ0v) is 10.7. The molecule has 0 unspecified atom stereocenters. The topological polar surface area (TPSA) is 41.5 Å². The number of rotatable bonds is 2. The Kier molecular flexibility index (Phi) is 3.54. The van der Waals surface area contributed by atoms with Crippen LogP contribution in [0, 0.1) is 0 Å². The lowest BCUT2D eigenvalue weighted by atomic mass is 10.1. The summed E-state index contributed by atoms with van der Waals surface area (Å²) >= 11 is 1.49. The highest BCUT2D eigenvalue weighted by Gasteiger charge is 2.26. The number of nitrogens with zero attached hydrogens (tertiary/aromatic N) is 4. The quantitative estimate of drug-likeness (QED) is 0.782. The minimum Gasteiger partial charge on any atom is -0.381 e. The molecule has 2 fully saturated rings. The molecule has 6 heteroatoms. The first-order chi connectivity index (χ1) is 8.43. The fourth-order valence-electron chi connectivity index (χ4n) is 2.64. The molecular formula is C11H18N4OS. The third-order valence-corrected chi connectivity index (χ3v) is 4.37. The second kappa shape index (κ2) is 5.29. The Balaban J connectivity index is 1.53. The van der Waals surface area contributed by atoms with Crippen LogP contribution in [0.4, 0.5) is 5.13 Å². The van der Waals surface area contributed by atoms with E-state index in [0.29, 0.717) is 0 Å². The molecular weight excluding hydrogens is 236 g/mol. The molecule has 0 spiro atoms. The molecule has 5 nitrogen and oxygen atoms in total. The summed E-state index contributed by atoms with van der Waals surface area (Å²) in [5.74, 6) is 0. The molecule has 2 aliphatic rings. The van der Waals surface area contributed by atoms with Crippen molar-refractivity contribution in [1.29, 1.82) is 0 Å². The number of piperazine rings is 1. The van der Waals surface area contributed by atoms with Gasteiger partial charge in [-0.15, -0.1) is 0 Å². The lowest BCUT2D eigenvalue weighted by Gasteiger charge is -2.40. The lowest BCUT2D eigenvalue weighted by Crippen LogP contribution is -2.51. The van der Waals surface area contributed by atoms with Crippen molar-refractivity contribution in [3.05, 3.63) is 6.33 Å². The van der Waals surface area contributed by atoms with Crippen molar-refractivity contribution < 1.29 is 4.74 Å². The average molecular weight is 254 g/mol. The summed E-state index contributed by atoms with van der Waals surface area (Å²) in [5, 5.41) is 1.07. The summed E-state index contributed by atoms with van der Waals surface area (Å²) < 4.78 is 9.48. The van der Waals surface area contributed by atoms with Gasteiger partial charge in [-0.3, -0.25) is 4.90 Å². The predicted molar refractivity (Wildman–Crippen MR) is 67.5 cm³/mol. The first-order valence-electron chi connectivity index (χ1n) is 6.27. The lowest BCUT2D eigenvalue weighted by molar-refractivity contribution is 0.0321. The monoisotopic (exact) mass is 254 g/mol. The van der Waals surface area contributed by atoms with E-state index in [1.54, 1.807) is 6.33 Å². The Morgan fingerprint density at radius 3 is 2.59 bits per heavy atom. The maximum absolute atomic E-state index is 5.42. The van der Waals surface area contributed by atoms with E-state index >= 15 is 0 Å². The van der Waals surface area contributed by atoms with Crippen LogP contribution in [0.15, 0.2) is 6.33 Å². The van der Waals surface area contributed by atoms with E-state index in [1.165, 1.54) is 24.4 Å². The van der Waals surface area contributed by atoms with E-state index in [0.717, 1.165) is 50.6 Å². The zero-order valence-electron chi connectivity index (χ0n) is 9.92. The Bertz CT molecular complexity index is 331. The first-order valence-corrected chi connectivity index (χ1v) is 7.04. The molecule has 0 bridgehead atoms. The highest BCUT2D eigenvalue weighted by atomic mass is 32.1. The largest absolute Gasteiger partial charge is 0.381 e. The van der Waals surface area contributed by atoms with Gasteiger partial charge in [-0.05, 0) is 12.8 Å². The molecule has 0 N–H and O–H groups in total. The number of anilines is 1. The van der Waals surface area contributed by atoms with Gasteiger partial charge >= 0.3 is 0 Å². The van der Waals surface area contributed by atoms with Gasteiger partial charge in [-0.1, -0.05) is 0 Å². The maximum atomic E-state index is 5.42. The van der Waals surface area contributed by atoms with E-state index in [2.05, 4.69) is 19.2 Å². The molecule has 2 saturated heterocycles. The molecule has 1 aromatic rings. The first kappa shape index (κ1) is 11.4. The van der Waals surface area contributed by atoms with Crippen molar-refractivity contribution in [2.24, 2.45) is 0 Å². The second-order valence-electron chi connectivity index (χ2n) is 4.59. The van der Waals surface area contributed by atoms with Crippen molar-refractivity contribution in [2.45, 2.75) is 18.9 Å². The van der Waals surface area contributed by atoms with Gasteiger partial charge in [0.15, 0.2) is 0 Å². The third kappa shape index (κ3) is 2.59. The van der Waals surface area contributed by atoms with Gasteiger partial charge in [0.25, 0.3) is 0 Å². The molecule has 94 valence electrons. The third-order valence-electron chi connectivity index (χ3n) is 3.64. The van der Waals surface area contributed by atoms with Crippen LogP contribution >= 0.6 is 11.5 Å². The van der Waals surface area contributed by atoms with E-state index in [9.17, 15) is 0 Å². The van der Waals surface area contributed by atoms with Crippen LogP contribution < -0.4 is 4.90 Å². The van der Waals surface area contributed by atoms with Gasteiger partial charge in [0.05, 0.1) is 0 Å². The Hall–Kier alpha value is -0.720. The summed E-state index contributed by atoms with van der Waals surface area (Å²) in [5.41, 5.74) is 0. The van der Waals surface area contributed by atoms with Crippen molar-refractivity contribution in [3.63, 3.8) is 0 Å². The molecule has 1 aromatic heterocycles. The SMILES string of the molecule is c1nsc(N2CCN(C3CCOCC3)CC2)n1. The van der Waals surface area contributed by atoms with Crippen LogP contribution in [0.1, 0.15) is 12.8 Å². The van der Waals surface area contributed by atoms with Crippen molar-refractivity contribution in [3.8, 4) is 0 Å². The van der Waals surface area contributed by atoms with Crippen LogP contribution in [0.2, 0.25) is 0 Å². The van der Waals surface area contributed by atoms with Gasteiger partial charge in [-0.25, -0.2) is 4.98 Å². The Morgan fingerprint density at radius 1 is 1.18 bits per heavy atom. The van der Waals surface area contributed by atoms with Gasteiger partial charge in [0, 0.05) is 57.0 Å².